The first-order chi connectivity index (χ1) is 15.2. The van der Waals surface area contributed by atoms with E-state index in [4.69, 9.17) is 9.47 Å². The largest absolute Gasteiger partial charge is 0.494 e. The molecular weight excluding hydrogens is 428 g/mol. The fourth-order valence-electron chi connectivity index (χ4n) is 3.93. The Balaban J connectivity index is 1.31. The smallest absolute Gasteiger partial charge is 0.230 e. The topological polar surface area (TPSA) is 60.5 Å². The first-order valence-electron chi connectivity index (χ1n) is 10.7. The standard InChI is InChI=1S/C24H28N2O3S2/c1-2-29-19-9-7-18(8-10-19)24(11-13-28-14-12-24)17-25-22(27)15-30-16-23-26-20-5-3-4-6-21(20)31-23/h3-10H,2,11-17H2,1H3,(H,25,27). The van der Waals surface area contributed by atoms with Gasteiger partial charge in [-0.15, -0.1) is 23.1 Å². The van der Waals surface area contributed by atoms with E-state index >= 15 is 0 Å². The number of hydrogen-bond donors (Lipinski definition) is 1. The minimum atomic E-state index is -0.0870. The highest BCUT2D eigenvalue weighted by atomic mass is 32.2. The summed E-state index contributed by atoms with van der Waals surface area (Å²) in [6.45, 7) is 4.71. The van der Waals surface area contributed by atoms with Crippen molar-refractivity contribution in [1.29, 1.82) is 0 Å². The van der Waals surface area contributed by atoms with Crippen LogP contribution in [0, 0.1) is 0 Å². The molecule has 0 saturated carbocycles. The van der Waals surface area contributed by atoms with E-state index in [0.717, 1.165) is 48.1 Å². The summed E-state index contributed by atoms with van der Waals surface area (Å²) in [5, 5.41) is 4.24. The van der Waals surface area contributed by atoms with Crippen LogP contribution >= 0.6 is 23.1 Å². The molecule has 0 aliphatic carbocycles. The number of fused-ring (bicyclic) bond motifs is 1. The van der Waals surface area contributed by atoms with Crippen LogP contribution < -0.4 is 10.1 Å². The number of rotatable bonds is 9. The molecule has 1 aliphatic heterocycles. The lowest BCUT2D eigenvalue weighted by Crippen LogP contribution is -2.45. The summed E-state index contributed by atoms with van der Waals surface area (Å²) in [7, 11) is 0. The molecule has 0 atom stereocenters. The van der Waals surface area contributed by atoms with Gasteiger partial charge in [-0.2, -0.15) is 0 Å². The van der Waals surface area contributed by atoms with Crippen molar-refractivity contribution in [3.05, 3.63) is 59.1 Å². The lowest BCUT2D eigenvalue weighted by Gasteiger charge is -2.38. The summed E-state index contributed by atoms with van der Waals surface area (Å²) < 4.78 is 12.4. The summed E-state index contributed by atoms with van der Waals surface area (Å²) in [5.74, 6) is 2.14. The van der Waals surface area contributed by atoms with E-state index < -0.39 is 0 Å². The van der Waals surface area contributed by atoms with Gasteiger partial charge in [0.15, 0.2) is 0 Å². The Kier molecular flexibility index (Phi) is 7.48. The molecule has 1 aliphatic rings. The molecule has 1 amide bonds. The van der Waals surface area contributed by atoms with Crippen molar-refractivity contribution < 1.29 is 14.3 Å². The minimum Gasteiger partial charge on any atom is -0.494 e. The lowest BCUT2D eigenvalue weighted by atomic mass is 9.74. The van der Waals surface area contributed by atoms with Gasteiger partial charge in [0, 0.05) is 30.9 Å². The highest BCUT2D eigenvalue weighted by Crippen LogP contribution is 2.35. The number of ether oxygens (including phenoxy) is 2. The fraction of sp³-hybridized carbons (Fsp3) is 0.417. The lowest BCUT2D eigenvalue weighted by molar-refractivity contribution is -0.119. The Hall–Kier alpha value is -2.09. The maximum absolute atomic E-state index is 12.6. The molecule has 0 radical (unpaired) electrons. The zero-order valence-corrected chi connectivity index (χ0v) is 19.4. The zero-order chi connectivity index (χ0) is 21.5. The van der Waals surface area contributed by atoms with Gasteiger partial charge >= 0.3 is 0 Å². The van der Waals surface area contributed by atoms with Gasteiger partial charge in [-0.05, 0) is 49.6 Å². The van der Waals surface area contributed by atoms with Crippen molar-refractivity contribution in [2.75, 3.05) is 32.1 Å². The van der Waals surface area contributed by atoms with E-state index in [1.54, 1.807) is 23.1 Å². The molecule has 1 aromatic heterocycles. The summed E-state index contributed by atoms with van der Waals surface area (Å²) in [6, 6.07) is 16.4. The molecule has 4 rings (SSSR count). The molecule has 1 saturated heterocycles. The highest BCUT2D eigenvalue weighted by molar-refractivity contribution is 7.99. The number of amides is 1. The number of thiazole rings is 1. The second-order valence-corrected chi connectivity index (χ2v) is 9.80. The maximum Gasteiger partial charge on any atom is 0.230 e. The minimum absolute atomic E-state index is 0.0721. The van der Waals surface area contributed by atoms with Crippen molar-refractivity contribution in [1.82, 2.24) is 10.3 Å². The molecule has 0 unspecified atom stereocenters. The molecule has 0 spiro atoms. The zero-order valence-electron chi connectivity index (χ0n) is 17.8. The van der Waals surface area contributed by atoms with Crippen LogP contribution in [0.2, 0.25) is 0 Å². The van der Waals surface area contributed by atoms with Gasteiger partial charge in [0.25, 0.3) is 0 Å². The van der Waals surface area contributed by atoms with E-state index in [-0.39, 0.29) is 11.3 Å². The van der Waals surface area contributed by atoms with Crippen LogP contribution in [0.5, 0.6) is 5.75 Å². The number of carbonyl (C=O) groups is 1. The van der Waals surface area contributed by atoms with Crippen LogP contribution in [0.1, 0.15) is 30.3 Å². The Labute approximate surface area is 191 Å². The van der Waals surface area contributed by atoms with Gasteiger partial charge < -0.3 is 14.8 Å². The summed E-state index contributed by atoms with van der Waals surface area (Å²) in [4.78, 5) is 17.2. The van der Waals surface area contributed by atoms with Crippen LogP contribution in [-0.4, -0.2) is 43.0 Å². The second-order valence-electron chi connectivity index (χ2n) is 7.69. The van der Waals surface area contributed by atoms with E-state index in [9.17, 15) is 4.79 Å². The van der Waals surface area contributed by atoms with Crippen LogP contribution in [-0.2, 0) is 20.7 Å². The first-order valence-corrected chi connectivity index (χ1v) is 12.7. The van der Waals surface area contributed by atoms with E-state index in [1.165, 1.54) is 10.3 Å². The molecule has 2 heterocycles. The Bertz CT molecular complexity index is 964. The Morgan fingerprint density at radius 1 is 1.19 bits per heavy atom. The van der Waals surface area contributed by atoms with Gasteiger partial charge in [0.1, 0.15) is 10.8 Å². The molecular formula is C24H28N2O3S2. The van der Waals surface area contributed by atoms with Crippen molar-refractivity contribution >= 4 is 39.2 Å². The number of carbonyl (C=O) groups excluding carboxylic acids is 1. The van der Waals surface area contributed by atoms with Crippen molar-refractivity contribution in [3.63, 3.8) is 0 Å². The van der Waals surface area contributed by atoms with Crippen LogP contribution in [0.3, 0.4) is 0 Å². The van der Waals surface area contributed by atoms with Gasteiger partial charge in [0.05, 0.1) is 22.6 Å². The molecule has 2 aromatic carbocycles. The molecule has 5 nitrogen and oxygen atoms in total. The molecule has 31 heavy (non-hydrogen) atoms. The SMILES string of the molecule is CCOc1ccc(C2(CNC(=O)CSCc3nc4ccccc4s3)CCOCC2)cc1. The average Bonchev–Trinajstić information content (AvgIpc) is 3.22. The van der Waals surface area contributed by atoms with Crippen LogP contribution in [0.15, 0.2) is 48.5 Å². The fourth-order valence-corrected chi connectivity index (χ4v) is 5.81. The molecule has 1 N–H and O–H groups in total. The van der Waals surface area contributed by atoms with Crippen LogP contribution in [0.4, 0.5) is 0 Å². The summed E-state index contributed by atoms with van der Waals surface area (Å²) in [6.07, 6.45) is 1.81. The van der Waals surface area contributed by atoms with Gasteiger partial charge in [0.2, 0.25) is 5.91 Å². The normalized spacial score (nSPS) is 15.6. The second kappa shape index (κ2) is 10.5. The average molecular weight is 457 g/mol. The third-order valence-corrected chi connectivity index (χ3v) is 7.81. The van der Waals surface area contributed by atoms with E-state index in [0.29, 0.717) is 18.9 Å². The molecule has 0 bridgehead atoms. The number of nitrogens with zero attached hydrogens (tertiary/aromatic N) is 1. The first kappa shape index (κ1) is 22.1. The van der Waals surface area contributed by atoms with Crippen LogP contribution in [0.25, 0.3) is 10.2 Å². The summed E-state index contributed by atoms with van der Waals surface area (Å²) >= 11 is 3.31. The number of aromatic nitrogens is 1. The quantitative estimate of drug-likeness (QED) is 0.502. The monoisotopic (exact) mass is 456 g/mol. The third kappa shape index (κ3) is 5.59. The maximum atomic E-state index is 12.6. The molecule has 7 heteroatoms. The third-order valence-electron chi connectivity index (χ3n) is 5.65. The molecule has 1 fully saturated rings. The molecule has 164 valence electrons. The predicted octanol–water partition coefficient (Wildman–Crippen LogP) is 4.79. The number of nitrogens with one attached hydrogen (secondary N) is 1. The number of para-hydroxylation sites is 1. The van der Waals surface area contributed by atoms with Crippen molar-refractivity contribution in [3.8, 4) is 5.75 Å². The van der Waals surface area contributed by atoms with Gasteiger partial charge in [-0.25, -0.2) is 4.98 Å². The highest BCUT2D eigenvalue weighted by Gasteiger charge is 2.34. The van der Waals surface area contributed by atoms with Crippen molar-refractivity contribution in [2.45, 2.75) is 30.9 Å². The van der Waals surface area contributed by atoms with E-state index in [1.807, 2.05) is 37.3 Å². The van der Waals surface area contributed by atoms with Gasteiger partial charge in [-0.1, -0.05) is 24.3 Å². The van der Waals surface area contributed by atoms with Gasteiger partial charge in [-0.3, -0.25) is 4.79 Å². The Morgan fingerprint density at radius 2 is 1.97 bits per heavy atom. The Morgan fingerprint density at radius 3 is 2.71 bits per heavy atom. The van der Waals surface area contributed by atoms with E-state index in [2.05, 4.69) is 28.5 Å². The number of thioether (sulfide) groups is 1. The predicted molar refractivity (Wildman–Crippen MR) is 128 cm³/mol. The summed E-state index contributed by atoms with van der Waals surface area (Å²) in [5.41, 5.74) is 2.18. The molecule has 3 aromatic rings. The van der Waals surface area contributed by atoms with Crippen molar-refractivity contribution in [2.24, 2.45) is 0 Å². The number of hydrogen-bond acceptors (Lipinski definition) is 6. The number of benzene rings is 2.